The smallest absolute Gasteiger partial charge is 0.326 e. The Morgan fingerprint density at radius 2 is 2.18 bits per heavy atom. The number of aromatic amines is 1. The summed E-state index contributed by atoms with van der Waals surface area (Å²) >= 11 is 1.61. The second kappa shape index (κ2) is 4.97. The van der Waals surface area contributed by atoms with Crippen molar-refractivity contribution in [3.05, 3.63) is 45.6 Å². The fourth-order valence-electron chi connectivity index (χ4n) is 3.30. The number of aryl methyl sites for hydroxylation is 2. The Morgan fingerprint density at radius 1 is 1.36 bits per heavy atom. The number of aromatic nitrogens is 1. The Labute approximate surface area is 131 Å². The number of carboxylic acids is 1. The van der Waals surface area contributed by atoms with Crippen molar-refractivity contribution in [2.45, 2.75) is 18.9 Å². The first kappa shape index (κ1) is 13.5. The molecule has 2 aromatic heterocycles. The van der Waals surface area contributed by atoms with Crippen molar-refractivity contribution in [1.29, 1.82) is 0 Å². The summed E-state index contributed by atoms with van der Waals surface area (Å²) in [6.45, 7) is 0. The van der Waals surface area contributed by atoms with E-state index in [1.807, 2.05) is 12.1 Å². The molecule has 0 amide bonds. The number of carboxylic acid groups (broad SMARTS) is 1. The van der Waals surface area contributed by atoms with Crippen LogP contribution < -0.4 is 5.32 Å². The molecular weight excluding hydrogens is 296 g/mol. The fraction of sp³-hybridized carbons (Fsp3) is 0.235. The molecule has 1 atom stereocenters. The third kappa shape index (κ3) is 1.90. The van der Waals surface area contributed by atoms with Crippen LogP contribution in [-0.2, 0) is 17.6 Å². The number of H-pyrrole nitrogens is 1. The molecule has 3 aromatic rings. The van der Waals surface area contributed by atoms with Gasteiger partial charge in [-0.05, 0) is 37.6 Å². The van der Waals surface area contributed by atoms with Crippen LogP contribution in [0, 0.1) is 0 Å². The second-order valence-electron chi connectivity index (χ2n) is 5.57. The van der Waals surface area contributed by atoms with Crippen LogP contribution in [-0.4, -0.2) is 23.1 Å². The number of para-hydroxylation sites is 1. The first-order chi connectivity index (χ1) is 10.7. The number of hydrogen-bond acceptors (Lipinski definition) is 3. The lowest BCUT2D eigenvalue weighted by Gasteiger charge is -2.11. The van der Waals surface area contributed by atoms with Crippen LogP contribution in [0.15, 0.2) is 30.3 Å². The molecule has 2 heterocycles. The molecule has 1 unspecified atom stereocenters. The van der Waals surface area contributed by atoms with Gasteiger partial charge in [0.05, 0.1) is 5.69 Å². The molecule has 0 saturated carbocycles. The van der Waals surface area contributed by atoms with Crippen molar-refractivity contribution in [2.75, 3.05) is 7.05 Å². The highest BCUT2D eigenvalue weighted by molar-refractivity contribution is 7.12. The van der Waals surface area contributed by atoms with Crippen LogP contribution in [0.1, 0.15) is 21.4 Å². The van der Waals surface area contributed by atoms with Crippen molar-refractivity contribution < 1.29 is 9.90 Å². The molecule has 22 heavy (non-hydrogen) atoms. The van der Waals surface area contributed by atoms with E-state index >= 15 is 0 Å². The topological polar surface area (TPSA) is 65.1 Å². The zero-order chi connectivity index (χ0) is 15.3. The molecule has 1 aromatic carbocycles. The van der Waals surface area contributed by atoms with E-state index in [9.17, 15) is 9.90 Å². The van der Waals surface area contributed by atoms with Crippen LogP contribution in [0.2, 0.25) is 0 Å². The number of hydrogen-bond donors (Lipinski definition) is 3. The Morgan fingerprint density at radius 3 is 2.95 bits per heavy atom. The number of aliphatic carboxylic acids is 1. The van der Waals surface area contributed by atoms with Crippen molar-refractivity contribution >= 4 is 28.2 Å². The predicted octanol–water partition coefficient (Wildman–Crippen LogP) is 3.34. The first-order valence-corrected chi connectivity index (χ1v) is 8.13. The van der Waals surface area contributed by atoms with E-state index in [2.05, 4.69) is 28.5 Å². The molecular formula is C17H16N2O2S. The highest BCUT2D eigenvalue weighted by Crippen LogP contribution is 2.42. The molecule has 1 aliphatic rings. The molecule has 0 radical (unpaired) electrons. The molecule has 5 heteroatoms. The van der Waals surface area contributed by atoms with E-state index in [0.717, 1.165) is 28.9 Å². The Hall–Kier alpha value is -2.11. The number of benzene rings is 1. The van der Waals surface area contributed by atoms with E-state index in [1.165, 1.54) is 21.4 Å². The number of nitrogens with one attached hydrogen (secondary N) is 2. The van der Waals surface area contributed by atoms with Gasteiger partial charge in [0.15, 0.2) is 0 Å². The van der Waals surface area contributed by atoms with E-state index in [-0.39, 0.29) is 0 Å². The average molecular weight is 312 g/mol. The van der Waals surface area contributed by atoms with Gasteiger partial charge in [0.25, 0.3) is 0 Å². The summed E-state index contributed by atoms with van der Waals surface area (Å²) in [7, 11) is 1.69. The van der Waals surface area contributed by atoms with Gasteiger partial charge in [-0.2, -0.15) is 0 Å². The summed E-state index contributed by atoms with van der Waals surface area (Å²) in [5, 5.41) is 13.5. The maximum Gasteiger partial charge on any atom is 0.326 e. The van der Waals surface area contributed by atoms with Gasteiger partial charge >= 0.3 is 5.97 Å². The first-order valence-electron chi connectivity index (χ1n) is 7.31. The highest BCUT2D eigenvalue weighted by Gasteiger charge is 2.27. The van der Waals surface area contributed by atoms with Crippen LogP contribution in [0.4, 0.5) is 0 Å². The summed E-state index contributed by atoms with van der Waals surface area (Å²) in [5.74, 6) is -0.835. The minimum atomic E-state index is -0.835. The van der Waals surface area contributed by atoms with E-state index < -0.39 is 12.0 Å². The molecule has 0 bridgehead atoms. The largest absolute Gasteiger partial charge is 0.480 e. The van der Waals surface area contributed by atoms with Crippen LogP contribution >= 0.6 is 11.3 Å². The molecule has 1 aliphatic carbocycles. The monoisotopic (exact) mass is 312 g/mol. The SMILES string of the molecule is CNC(C(=O)O)c1cc2c(s1)CCc1c-2[nH]c2ccccc12. The highest BCUT2D eigenvalue weighted by atomic mass is 32.1. The molecule has 112 valence electrons. The second-order valence-corrected chi connectivity index (χ2v) is 6.74. The molecule has 0 spiro atoms. The number of thiophene rings is 1. The summed E-state index contributed by atoms with van der Waals surface area (Å²) in [4.78, 5) is 17.0. The van der Waals surface area contributed by atoms with Crippen LogP contribution in [0.25, 0.3) is 22.2 Å². The van der Waals surface area contributed by atoms with Gasteiger partial charge in [0.2, 0.25) is 0 Å². The standard InChI is InChI=1S/C17H16N2O2S/c1-18-16(17(20)21)14-8-11-13(22-14)7-6-10-9-4-2-3-5-12(9)19-15(10)11/h2-5,8,16,18-19H,6-7H2,1H3,(H,20,21). The minimum absolute atomic E-state index is 0.636. The molecule has 0 aliphatic heterocycles. The fourth-order valence-corrected chi connectivity index (χ4v) is 4.58. The molecule has 0 saturated heterocycles. The third-order valence-electron chi connectivity index (χ3n) is 4.33. The van der Waals surface area contributed by atoms with Crippen molar-refractivity contribution in [3.63, 3.8) is 0 Å². The minimum Gasteiger partial charge on any atom is -0.480 e. The van der Waals surface area contributed by atoms with Crippen molar-refractivity contribution in [2.24, 2.45) is 0 Å². The van der Waals surface area contributed by atoms with Gasteiger partial charge in [-0.25, -0.2) is 0 Å². The molecule has 4 nitrogen and oxygen atoms in total. The number of carbonyl (C=O) groups is 1. The Balaban J connectivity index is 1.88. The lowest BCUT2D eigenvalue weighted by atomic mass is 9.94. The molecule has 0 fully saturated rings. The van der Waals surface area contributed by atoms with Crippen LogP contribution in [0.5, 0.6) is 0 Å². The van der Waals surface area contributed by atoms with Gasteiger partial charge in [0.1, 0.15) is 6.04 Å². The van der Waals surface area contributed by atoms with Crippen molar-refractivity contribution in [3.8, 4) is 11.3 Å². The quantitative estimate of drug-likeness (QED) is 0.695. The molecule has 3 N–H and O–H groups in total. The van der Waals surface area contributed by atoms with E-state index in [4.69, 9.17) is 0 Å². The van der Waals surface area contributed by atoms with E-state index in [1.54, 1.807) is 18.4 Å². The average Bonchev–Trinajstić information content (AvgIpc) is 3.08. The maximum absolute atomic E-state index is 11.4. The van der Waals surface area contributed by atoms with Gasteiger partial charge in [-0.15, -0.1) is 11.3 Å². The van der Waals surface area contributed by atoms with Crippen molar-refractivity contribution in [1.82, 2.24) is 10.3 Å². The summed E-state index contributed by atoms with van der Waals surface area (Å²) in [5.41, 5.74) is 4.82. The predicted molar refractivity (Wildman–Crippen MR) is 88.5 cm³/mol. The van der Waals surface area contributed by atoms with Gasteiger partial charge in [-0.1, -0.05) is 18.2 Å². The lowest BCUT2D eigenvalue weighted by Crippen LogP contribution is -2.23. The number of likely N-dealkylation sites (N-methyl/N-ethyl adjacent to an activating group) is 1. The van der Waals surface area contributed by atoms with Gasteiger partial charge in [0, 0.05) is 26.2 Å². The van der Waals surface area contributed by atoms with Gasteiger partial charge in [-0.3, -0.25) is 4.79 Å². The summed E-state index contributed by atoms with van der Waals surface area (Å²) in [6, 6.07) is 9.73. The summed E-state index contributed by atoms with van der Waals surface area (Å²) < 4.78 is 0. The zero-order valence-corrected chi connectivity index (χ0v) is 13.0. The normalized spacial score (nSPS) is 14.6. The lowest BCUT2D eigenvalue weighted by molar-refractivity contribution is -0.139. The third-order valence-corrected chi connectivity index (χ3v) is 5.59. The Bertz CT molecular complexity index is 878. The number of fused-ring (bicyclic) bond motifs is 5. The number of rotatable bonds is 3. The maximum atomic E-state index is 11.4. The van der Waals surface area contributed by atoms with Gasteiger partial charge < -0.3 is 15.4 Å². The van der Waals surface area contributed by atoms with E-state index in [0.29, 0.717) is 0 Å². The molecule has 4 rings (SSSR count). The zero-order valence-electron chi connectivity index (χ0n) is 12.1. The Kier molecular flexibility index (Phi) is 3.06. The summed E-state index contributed by atoms with van der Waals surface area (Å²) in [6.07, 6.45) is 1.98. The van der Waals surface area contributed by atoms with Crippen LogP contribution in [0.3, 0.4) is 0 Å².